The van der Waals surface area contributed by atoms with Crippen LogP contribution in [0.2, 0.25) is 0 Å². The Balaban J connectivity index is 2.77. The van der Waals surface area contributed by atoms with Crippen molar-refractivity contribution in [3.05, 3.63) is 0 Å². The number of carbonyl (C=O) groups excluding carboxylic acids is 1. The molecule has 0 aromatic heterocycles. The number of carbonyl (C=O) groups is 2. The summed E-state index contributed by atoms with van der Waals surface area (Å²) in [5.41, 5.74) is -0.823. The molecule has 0 spiro atoms. The van der Waals surface area contributed by atoms with E-state index in [9.17, 15) is 30.0 Å². The van der Waals surface area contributed by atoms with Crippen molar-refractivity contribution in [2.75, 3.05) is 6.61 Å². The Bertz CT molecular complexity index is 448. The van der Waals surface area contributed by atoms with Crippen LogP contribution in [0, 0.1) is 0 Å². The topological polar surface area (TPSA) is 166 Å². The number of ether oxygens (including phenoxy) is 2. The van der Waals surface area contributed by atoms with Crippen molar-refractivity contribution in [1.29, 1.82) is 0 Å². The fourth-order valence-electron chi connectivity index (χ4n) is 2.28. The van der Waals surface area contributed by atoms with Crippen LogP contribution in [0.1, 0.15) is 27.2 Å². The second-order valence-electron chi connectivity index (χ2n) is 6.64. The Kier molecular flexibility index (Phi) is 6.93. The lowest BCUT2D eigenvalue weighted by Gasteiger charge is -2.40. The largest absolute Gasteiger partial charge is 0.480 e. The van der Waals surface area contributed by atoms with Crippen molar-refractivity contribution < 1.29 is 44.6 Å². The Morgan fingerprint density at radius 2 is 1.67 bits per heavy atom. The van der Waals surface area contributed by atoms with Gasteiger partial charge in [-0.1, -0.05) is 0 Å². The average Bonchev–Trinajstić information content (AvgIpc) is 2.44. The summed E-state index contributed by atoms with van der Waals surface area (Å²) in [5.74, 6) is -1.39. The Morgan fingerprint density at radius 3 is 2.12 bits per heavy atom. The molecule has 1 amide bonds. The minimum atomic E-state index is -1.61. The van der Waals surface area contributed by atoms with E-state index in [-0.39, 0.29) is 0 Å². The van der Waals surface area contributed by atoms with Gasteiger partial charge in [0.1, 0.15) is 36.1 Å². The fourth-order valence-corrected chi connectivity index (χ4v) is 2.28. The van der Waals surface area contributed by atoms with Crippen LogP contribution < -0.4 is 5.32 Å². The highest BCUT2D eigenvalue weighted by Crippen LogP contribution is 2.24. The lowest BCUT2D eigenvalue weighted by Crippen LogP contribution is -2.60. The predicted molar refractivity (Wildman–Crippen MR) is 79.2 cm³/mol. The van der Waals surface area contributed by atoms with E-state index in [1.165, 1.54) is 0 Å². The maximum Gasteiger partial charge on any atom is 0.408 e. The molecular formula is C14H25NO9. The van der Waals surface area contributed by atoms with Crippen LogP contribution in [-0.2, 0) is 14.3 Å². The second kappa shape index (κ2) is 8.08. The van der Waals surface area contributed by atoms with Gasteiger partial charge in [0.25, 0.3) is 0 Å². The lowest BCUT2D eigenvalue weighted by atomic mass is 9.91. The molecule has 0 aromatic carbocycles. The van der Waals surface area contributed by atoms with Gasteiger partial charge in [-0.05, 0) is 20.8 Å². The average molecular weight is 351 g/mol. The van der Waals surface area contributed by atoms with Gasteiger partial charge in [-0.2, -0.15) is 0 Å². The maximum atomic E-state index is 11.7. The maximum absolute atomic E-state index is 11.7. The van der Waals surface area contributed by atoms with Crippen LogP contribution in [0.15, 0.2) is 0 Å². The van der Waals surface area contributed by atoms with Crippen molar-refractivity contribution in [1.82, 2.24) is 5.32 Å². The van der Waals surface area contributed by atoms with E-state index in [0.717, 1.165) is 0 Å². The van der Waals surface area contributed by atoms with Crippen LogP contribution in [0.25, 0.3) is 0 Å². The molecule has 1 fully saturated rings. The zero-order valence-electron chi connectivity index (χ0n) is 13.7. The minimum absolute atomic E-state index is 0.393. The molecule has 140 valence electrons. The van der Waals surface area contributed by atoms with E-state index in [1.807, 2.05) is 0 Å². The molecule has 1 aliphatic heterocycles. The molecule has 1 heterocycles. The summed E-state index contributed by atoms with van der Waals surface area (Å²) in [5, 5.41) is 49.8. The number of alkyl carbamates (subject to hydrolysis) is 1. The standard InChI is InChI=1S/C14H25NO9/c1-14(2,3)24-13(22)15-6(12(20)21)4-7-9(17)11(19)10(18)8(5-16)23-7/h6-11,16-19H,4-5H2,1-3H3,(H,15,22)(H,20,21)/t6-,7+,8+,9-,10+,11+/m0/s1. The lowest BCUT2D eigenvalue weighted by molar-refractivity contribution is -0.231. The number of amides is 1. The quantitative estimate of drug-likeness (QED) is 0.335. The fraction of sp³-hybridized carbons (Fsp3) is 0.857. The Labute approximate surface area is 139 Å². The molecule has 0 aliphatic carbocycles. The Hall–Kier alpha value is -1.46. The molecule has 0 saturated carbocycles. The van der Waals surface area contributed by atoms with Crippen LogP contribution in [0.4, 0.5) is 4.79 Å². The number of hydrogen-bond acceptors (Lipinski definition) is 8. The van der Waals surface area contributed by atoms with Gasteiger partial charge in [0.05, 0.1) is 12.7 Å². The number of aliphatic hydroxyl groups excluding tert-OH is 4. The molecule has 10 heteroatoms. The monoisotopic (exact) mass is 351 g/mol. The van der Waals surface area contributed by atoms with Gasteiger partial charge >= 0.3 is 12.1 Å². The number of hydrogen-bond donors (Lipinski definition) is 6. The van der Waals surface area contributed by atoms with E-state index in [0.29, 0.717) is 0 Å². The van der Waals surface area contributed by atoms with Crippen molar-refractivity contribution in [3.63, 3.8) is 0 Å². The number of carboxylic acids is 1. The zero-order chi connectivity index (χ0) is 18.7. The molecule has 6 N–H and O–H groups in total. The summed E-state index contributed by atoms with van der Waals surface area (Å²) in [4.78, 5) is 23.0. The summed E-state index contributed by atoms with van der Waals surface area (Å²) < 4.78 is 10.2. The van der Waals surface area contributed by atoms with E-state index in [1.54, 1.807) is 20.8 Å². The van der Waals surface area contributed by atoms with Crippen LogP contribution in [-0.4, -0.2) is 86.4 Å². The molecule has 10 nitrogen and oxygen atoms in total. The molecule has 1 aliphatic rings. The molecule has 0 bridgehead atoms. The van der Waals surface area contributed by atoms with Crippen molar-refractivity contribution in [3.8, 4) is 0 Å². The van der Waals surface area contributed by atoms with E-state index in [2.05, 4.69) is 5.32 Å². The summed E-state index contributed by atoms with van der Waals surface area (Å²) in [6.07, 6.45) is -8.44. The van der Waals surface area contributed by atoms with Gasteiger partial charge in [0, 0.05) is 6.42 Å². The Morgan fingerprint density at radius 1 is 1.12 bits per heavy atom. The van der Waals surface area contributed by atoms with Crippen molar-refractivity contribution in [2.45, 2.75) is 69.4 Å². The smallest absolute Gasteiger partial charge is 0.408 e. The molecular weight excluding hydrogens is 326 g/mol. The van der Waals surface area contributed by atoms with Crippen molar-refractivity contribution >= 4 is 12.1 Å². The number of nitrogens with one attached hydrogen (secondary N) is 1. The first-order valence-corrected chi connectivity index (χ1v) is 7.49. The molecule has 0 aromatic rings. The van der Waals surface area contributed by atoms with Gasteiger partial charge in [0.15, 0.2) is 0 Å². The number of aliphatic carboxylic acids is 1. The first-order chi connectivity index (χ1) is 11.0. The third kappa shape index (κ3) is 5.56. The summed E-state index contributed by atoms with van der Waals surface area (Å²) >= 11 is 0. The second-order valence-corrected chi connectivity index (χ2v) is 6.64. The highest BCUT2D eigenvalue weighted by Gasteiger charge is 2.44. The molecule has 0 radical (unpaired) electrons. The van der Waals surface area contributed by atoms with Gasteiger partial charge in [0.2, 0.25) is 0 Å². The first-order valence-electron chi connectivity index (χ1n) is 7.49. The van der Waals surface area contributed by atoms with E-state index >= 15 is 0 Å². The van der Waals surface area contributed by atoms with Gasteiger partial charge in [-0.15, -0.1) is 0 Å². The van der Waals surface area contributed by atoms with Crippen molar-refractivity contribution in [2.24, 2.45) is 0 Å². The molecule has 6 atom stereocenters. The summed E-state index contributed by atoms with van der Waals surface area (Å²) in [6.45, 7) is 4.21. The number of rotatable bonds is 5. The molecule has 24 heavy (non-hydrogen) atoms. The van der Waals surface area contributed by atoms with Gasteiger partial charge < -0.3 is 40.3 Å². The number of aliphatic hydroxyl groups is 4. The van der Waals surface area contributed by atoms with Gasteiger partial charge in [-0.3, -0.25) is 0 Å². The van der Waals surface area contributed by atoms with E-state index in [4.69, 9.17) is 14.6 Å². The SMILES string of the molecule is CC(C)(C)OC(=O)N[C@@H](C[C@H]1O[C@H](CO)[C@@H](O)[C@H](O)[C@H]1O)C(=O)O. The first kappa shape index (κ1) is 20.6. The summed E-state index contributed by atoms with van der Waals surface area (Å²) in [6, 6.07) is -1.46. The van der Waals surface area contributed by atoms with Crippen LogP contribution in [0.5, 0.6) is 0 Å². The third-order valence-electron chi connectivity index (χ3n) is 3.45. The van der Waals surface area contributed by atoms with Gasteiger partial charge in [-0.25, -0.2) is 9.59 Å². The number of carboxylic acid groups (broad SMARTS) is 1. The normalized spacial score (nSPS) is 32.0. The summed E-state index contributed by atoms with van der Waals surface area (Å²) in [7, 11) is 0. The minimum Gasteiger partial charge on any atom is -0.480 e. The highest BCUT2D eigenvalue weighted by molar-refractivity contribution is 5.80. The van der Waals surface area contributed by atoms with E-state index < -0.39 is 67.3 Å². The van der Waals surface area contributed by atoms with Crippen LogP contribution >= 0.6 is 0 Å². The molecule has 1 rings (SSSR count). The highest BCUT2D eigenvalue weighted by atomic mass is 16.6. The van der Waals surface area contributed by atoms with Crippen LogP contribution in [0.3, 0.4) is 0 Å². The predicted octanol–water partition coefficient (Wildman–Crippen LogP) is -1.80. The molecule has 1 saturated heterocycles. The zero-order valence-corrected chi connectivity index (χ0v) is 13.7. The third-order valence-corrected chi connectivity index (χ3v) is 3.45. The molecule has 0 unspecified atom stereocenters.